The zero-order chi connectivity index (χ0) is 13.5. The molecule has 0 aromatic heterocycles. The van der Waals surface area contributed by atoms with Gasteiger partial charge < -0.3 is 15.5 Å². The van der Waals surface area contributed by atoms with Gasteiger partial charge in [0.1, 0.15) is 0 Å². The Hall–Kier alpha value is -1.06. The Balaban J connectivity index is 1.59. The molecule has 0 atom stereocenters. The molecular formula is C16H27N3. The van der Waals surface area contributed by atoms with Crippen LogP contribution in [0.5, 0.6) is 0 Å². The summed E-state index contributed by atoms with van der Waals surface area (Å²) in [5, 5.41) is 6.91. The predicted molar refractivity (Wildman–Crippen MR) is 82.9 cm³/mol. The third-order valence-electron chi connectivity index (χ3n) is 3.95. The largest absolute Gasteiger partial charge is 0.385 e. The van der Waals surface area contributed by atoms with Gasteiger partial charge in [0, 0.05) is 38.4 Å². The molecule has 0 unspecified atom stereocenters. The number of anilines is 1. The third kappa shape index (κ3) is 4.84. The lowest BCUT2D eigenvalue weighted by Crippen LogP contribution is -2.43. The number of unbranched alkanes of at least 4 members (excludes halogenated alkanes) is 1. The van der Waals surface area contributed by atoms with E-state index < -0.39 is 0 Å². The van der Waals surface area contributed by atoms with Crippen LogP contribution in [0.25, 0.3) is 0 Å². The first-order valence-electron chi connectivity index (χ1n) is 7.50. The molecule has 0 radical (unpaired) electrons. The molecular weight excluding hydrogens is 234 g/mol. The number of nitrogens with zero attached hydrogens (tertiary/aromatic N) is 1. The van der Waals surface area contributed by atoms with E-state index in [9.17, 15) is 0 Å². The van der Waals surface area contributed by atoms with Crippen molar-refractivity contribution in [2.45, 2.75) is 26.7 Å². The normalized spacial score (nSPS) is 16.5. The Morgan fingerprint density at radius 1 is 1.11 bits per heavy atom. The molecule has 3 heteroatoms. The van der Waals surface area contributed by atoms with Gasteiger partial charge in [-0.05, 0) is 56.5 Å². The lowest BCUT2D eigenvalue weighted by atomic mass is 10.1. The van der Waals surface area contributed by atoms with Gasteiger partial charge in [-0.2, -0.15) is 0 Å². The summed E-state index contributed by atoms with van der Waals surface area (Å²) in [6, 6.07) is 6.61. The van der Waals surface area contributed by atoms with Crippen molar-refractivity contribution in [3.63, 3.8) is 0 Å². The van der Waals surface area contributed by atoms with Gasteiger partial charge in [-0.25, -0.2) is 0 Å². The molecule has 2 rings (SSSR count). The second-order valence-electron chi connectivity index (χ2n) is 5.52. The van der Waals surface area contributed by atoms with Crippen LogP contribution in [0.4, 0.5) is 5.69 Å². The minimum Gasteiger partial charge on any atom is -0.385 e. The second kappa shape index (κ2) is 7.51. The fourth-order valence-electron chi connectivity index (χ4n) is 2.48. The summed E-state index contributed by atoms with van der Waals surface area (Å²) >= 11 is 0. The van der Waals surface area contributed by atoms with Gasteiger partial charge in [0.15, 0.2) is 0 Å². The zero-order valence-corrected chi connectivity index (χ0v) is 12.3. The van der Waals surface area contributed by atoms with Crippen molar-refractivity contribution in [1.82, 2.24) is 10.2 Å². The SMILES string of the molecule is Cc1ccc(NCCCCN2CCNCC2)cc1C. The molecule has 1 aromatic rings. The van der Waals surface area contributed by atoms with Crippen molar-refractivity contribution >= 4 is 5.69 Å². The maximum absolute atomic E-state index is 3.52. The molecule has 3 nitrogen and oxygen atoms in total. The lowest BCUT2D eigenvalue weighted by molar-refractivity contribution is 0.237. The number of benzene rings is 1. The summed E-state index contributed by atoms with van der Waals surface area (Å²) in [5.74, 6) is 0. The molecule has 0 bridgehead atoms. The van der Waals surface area contributed by atoms with Gasteiger partial charge in [0.2, 0.25) is 0 Å². The predicted octanol–water partition coefficient (Wildman–Crippen LogP) is 2.40. The zero-order valence-electron chi connectivity index (χ0n) is 12.3. The molecule has 1 aliphatic heterocycles. The molecule has 1 aliphatic rings. The Labute approximate surface area is 117 Å². The molecule has 1 heterocycles. The van der Waals surface area contributed by atoms with Crippen molar-refractivity contribution < 1.29 is 0 Å². The number of aryl methyl sites for hydroxylation is 2. The van der Waals surface area contributed by atoms with E-state index in [-0.39, 0.29) is 0 Å². The van der Waals surface area contributed by atoms with Crippen LogP contribution in [-0.2, 0) is 0 Å². The van der Waals surface area contributed by atoms with Crippen molar-refractivity contribution in [3.8, 4) is 0 Å². The van der Waals surface area contributed by atoms with Gasteiger partial charge in [-0.3, -0.25) is 0 Å². The monoisotopic (exact) mass is 261 g/mol. The van der Waals surface area contributed by atoms with E-state index in [4.69, 9.17) is 0 Å². The quantitative estimate of drug-likeness (QED) is 0.770. The molecule has 0 aliphatic carbocycles. The van der Waals surface area contributed by atoms with Crippen molar-refractivity contribution in [3.05, 3.63) is 29.3 Å². The van der Waals surface area contributed by atoms with Crippen LogP contribution in [-0.4, -0.2) is 44.2 Å². The number of nitrogens with one attached hydrogen (secondary N) is 2. The van der Waals surface area contributed by atoms with E-state index in [0.717, 1.165) is 19.6 Å². The highest BCUT2D eigenvalue weighted by Gasteiger charge is 2.07. The van der Waals surface area contributed by atoms with E-state index in [1.807, 2.05) is 0 Å². The van der Waals surface area contributed by atoms with Crippen LogP contribution >= 0.6 is 0 Å². The number of hydrogen-bond acceptors (Lipinski definition) is 3. The van der Waals surface area contributed by atoms with E-state index in [1.54, 1.807) is 0 Å². The first kappa shape index (κ1) is 14.4. The van der Waals surface area contributed by atoms with Gasteiger partial charge in [-0.1, -0.05) is 6.07 Å². The molecule has 1 fully saturated rings. The van der Waals surface area contributed by atoms with E-state index in [0.29, 0.717) is 0 Å². The minimum absolute atomic E-state index is 1.08. The Kier molecular flexibility index (Phi) is 5.67. The van der Waals surface area contributed by atoms with Crippen LogP contribution in [0.3, 0.4) is 0 Å². The molecule has 0 saturated carbocycles. The topological polar surface area (TPSA) is 27.3 Å². The van der Waals surface area contributed by atoms with E-state index >= 15 is 0 Å². The van der Waals surface area contributed by atoms with Crippen molar-refractivity contribution in [2.24, 2.45) is 0 Å². The molecule has 0 amide bonds. The van der Waals surface area contributed by atoms with Crippen LogP contribution in [0.1, 0.15) is 24.0 Å². The summed E-state index contributed by atoms with van der Waals surface area (Å²) in [4.78, 5) is 2.56. The number of hydrogen-bond donors (Lipinski definition) is 2. The summed E-state index contributed by atoms with van der Waals surface area (Å²) in [7, 11) is 0. The summed E-state index contributed by atoms with van der Waals surface area (Å²) < 4.78 is 0. The Bertz CT molecular complexity index is 384. The van der Waals surface area contributed by atoms with Crippen LogP contribution in [0, 0.1) is 13.8 Å². The fourth-order valence-corrected chi connectivity index (χ4v) is 2.48. The third-order valence-corrected chi connectivity index (χ3v) is 3.95. The molecule has 1 saturated heterocycles. The van der Waals surface area contributed by atoms with Gasteiger partial charge in [0.25, 0.3) is 0 Å². The summed E-state index contributed by atoms with van der Waals surface area (Å²) in [6.45, 7) is 11.4. The Morgan fingerprint density at radius 2 is 1.89 bits per heavy atom. The number of rotatable bonds is 6. The minimum atomic E-state index is 1.08. The van der Waals surface area contributed by atoms with E-state index in [2.05, 4.69) is 47.6 Å². The van der Waals surface area contributed by atoms with Crippen molar-refractivity contribution in [1.29, 1.82) is 0 Å². The molecule has 19 heavy (non-hydrogen) atoms. The van der Waals surface area contributed by atoms with Gasteiger partial charge in [-0.15, -0.1) is 0 Å². The molecule has 0 spiro atoms. The molecule has 2 N–H and O–H groups in total. The standard InChI is InChI=1S/C16H27N3/c1-14-5-6-16(13-15(14)2)18-7-3-4-10-19-11-8-17-9-12-19/h5-6,13,17-18H,3-4,7-12H2,1-2H3. The summed E-state index contributed by atoms with van der Waals surface area (Å²) in [5.41, 5.74) is 3.99. The Morgan fingerprint density at radius 3 is 2.63 bits per heavy atom. The highest BCUT2D eigenvalue weighted by atomic mass is 15.2. The first-order valence-corrected chi connectivity index (χ1v) is 7.50. The smallest absolute Gasteiger partial charge is 0.0342 e. The molecule has 106 valence electrons. The highest BCUT2D eigenvalue weighted by molar-refractivity contribution is 5.47. The second-order valence-corrected chi connectivity index (χ2v) is 5.52. The van der Waals surface area contributed by atoms with E-state index in [1.165, 1.54) is 49.3 Å². The van der Waals surface area contributed by atoms with Gasteiger partial charge in [0.05, 0.1) is 0 Å². The first-order chi connectivity index (χ1) is 9.25. The summed E-state index contributed by atoms with van der Waals surface area (Å²) in [6.07, 6.45) is 2.54. The van der Waals surface area contributed by atoms with Crippen molar-refractivity contribution in [2.75, 3.05) is 44.6 Å². The maximum Gasteiger partial charge on any atom is 0.0342 e. The van der Waals surface area contributed by atoms with Crippen LogP contribution < -0.4 is 10.6 Å². The average molecular weight is 261 g/mol. The highest BCUT2D eigenvalue weighted by Crippen LogP contribution is 2.14. The lowest BCUT2D eigenvalue weighted by Gasteiger charge is -2.27. The average Bonchev–Trinajstić information content (AvgIpc) is 2.43. The maximum atomic E-state index is 3.52. The van der Waals surface area contributed by atoms with Crippen LogP contribution in [0.2, 0.25) is 0 Å². The number of piperazine rings is 1. The molecule has 1 aromatic carbocycles. The fraction of sp³-hybridized carbons (Fsp3) is 0.625. The van der Waals surface area contributed by atoms with Gasteiger partial charge >= 0.3 is 0 Å². The van der Waals surface area contributed by atoms with Crippen LogP contribution in [0.15, 0.2) is 18.2 Å².